The van der Waals surface area contributed by atoms with Crippen LogP contribution in [0, 0.1) is 6.92 Å². The molecule has 0 radical (unpaired) electrons. The summed E-state index contributed by atoms with van der Waals surface area (Å²) in [6.07, 6.45) is 5.18. The molecule has 4 heterocycles. The smallest absolute Gasteiger partial charge is 0.339 e. The van der Waals surface area contributed by atoms with Crippen molar-refractivity contribution in [2.24, 2.45) is 4.99 Å². The number of ether oxygens (including phenoxy) is 1. The number of rotatable bonds is 6. The van der Waals surface area contributed by atoms with Gasteiger partial charge in [0.15, 0.2) is 0 Å². The molecular formula is C30H34N6O6. The van der Waals surface area contributed by atoms with Gasteiger partial charge in [-0.2, -0.15) is 0 Å². The molecule has 5 rings (SSSR count). The lowest BCUT2D eigenvalue weighted by atomic mass is 10.1. The third-order valence-electron chi connectivity index (χ3n) is 7.37. The highest BCUT2D eigenvalue weighted by Crippen LogP contribution is 2.23. The highest BCUT2D eigenvalue weighted by molar-refractivity contribution is 6.10. The average Bonchev–Trinajstić information content (AvgIpc) is 3.63. The number of pyridine rings is 1. The maximum atomic E-state index is 13.6. The summed E-state index contributed by atoms with van der Waals surface area (Å²) in [6, 6.07) is 9.39. The predicted octanol–water partition coefficient (Wildman–Crippen LogP) is 3.12. The lowest BCUT2D eigenvalue weighted by molar-refractivity contribution is -0.140. The standard InChI is InChI=1S/C30H34N6O6/c1-19-15-21-16-22(9-11-25(21)42-19)32-30(34-27(38)23-10-8-20(17-31-23)29(40)41-2)33-24-7-3-4-14-36(28(24)39)18-26(37)35-12-5-6-13-35/h8-11,15-17,24H,3-7,12-14,18H2,1-2H3,(H2,32,33,34,38). The average molecular weight is 575 g/mol. The first-order chi connectivity index (χ1) is 20.3. The molecule has 2 aliphatic heterocycles. The fourth-order valence-corrected chi connectivity index (χ4v) is 5.17. The number of guanidine groups is 1. The Morgan fingerprint density at radius 2 is 1.86 bits per heavy atom. The molecule has 3 aromatic rings. The second-order valence-corrected chi connectivity index (χ2v) is 10.4. The van der Waals surface area contributed by atoms with Crippen molar-refractivity contribution in [1.82, 2.24) is 20.1 Å². The fraction of sp³-hybridized carbons (Fsp3) is 0.400. The van der Waals surface area contributed by atoms with E-state index < -0.39 is 17.9 Å². The second kappa shape index (κ2) is 12.8. The molecular weight excluding hydrogens is 540 g/mol. The van der Waals surface area contributed by atoms with Crippen molar-refractivity contribution >= 4 is 46.3 Å². The maximum absolute atomic E-state index is 13.6. The molecule has 220 valence electrons. The number of carbonyl (C=O) groups excluding carboxylic acids is 4. The van der Waals surface area contributed by atoms with E-state index in [0.717, 1.165) is 49.9 Å². The highest BCUT2D eigenvalue weighted by Gasteiger charge is 2.30. The van der Waals surface area contributed by atoms with Crippen LogP contribution in [0.2, 0.25) is 0 Å². The Labute approximate surface area is 243 Å². The number of anilines is 1. The zero-order chi connectivity index (χ0) is 29.6. The number of furan rings is 1. The van der Waals surface area contributed by atoms with Gasteiger partial charge in [0.1, 0.15) is 23.1 Å². The maximum Gasteiger partial charge on any atom is 0.339 e. The Bertz CT molecular complexity index is 1510. The van der Waals surface area contributed by atoms with Crippen LogP contribution in [0.4, 0.5) is 5.69 Å². The molecule has 2 aliphatic rings. The number of hydrogen-bond donors (Lipinski definition) is 2. The van der Waals surface area contributed by atoms with E-state index in [1.807, 2.05) is 19.1 Å². The largest absolute Gasteiger partial charge is 0.465 e. The van der Waals surface area contributed by atoms with Gasteiger partial charge in [-0.15, -0.1) is 0 Å². The molecule has 1 aromatic carbocycles. The van der Waals surface area contributed by atoms with E-state index >= 15 is 0 Å². The zero-order valence-electron chi connectivity index (χ0n) is 23.7. The number of aliphatic imine (C=N–C) groups is 1. The fourth-order valence-electron chi connectivity index (χ4n) is 5.17. The predicted molar refractivity (Wildman–Crippen MR) is 155 cm³/mol. The van der Waals surface area contributed by atoms with Gasteiger partial charge in [0.05, 0.1) is 19.2 Å². The summed E-state index contributed by atoms with van der Waals surface area (Å²) >= 11 is 0. The van der Waals surface area contributed by atoms with Crippen LogP contribution in [0.15, 0.2) is 52.0 Å². The van der Waals surface area contributed by atoms with Gasteiger partial charge in [0, 0.05) is 36.9 Å². The topological polar surface area (TPSA) is 146 Å². The first-order valence-electron chi connectivity index (χ1n) is 14.1. The molecule has 12 heteroatoms. The molecule has 0 aliphatic carbocycles. The molecule has 42 heavy (non-hydrogen) atoms. The Balaban J connectivity index is 1.39. The monoisotopic (exact) mass is 574 g/mol. The van der Waals surface area contributed by atoms with E-state index in [-0.39, 0.29) is 35.6 Å². The number of amides is 3. The van der Waals surface area contributed by atoms with Crippen LogP contribution < -0.4 is 10.6 Å². The van der Waals surface area contributed by atoms with Gasteiger partial charge in [0.2, 0.25) is 17.8 Å². The lowest BCUT2D eigenvalue weighted by Crippen LogP contribution is -2.45. The van der Waals surface area contributed by atoms with Crippen LogP contribution >= 0.6 is 0 Å². The number of methoxy groups -OCH3 is 1. The zero-order valence-corrected chi connectivity index (χ0v) is 23.7. The molecule has 2 fully saturated rings. The Kier molecular flexibility index (Phi) is 8.80. The van der Waals surface area contributed by atoms with E-state index in [1.54, 1.807) is 21.9 Å². The van der Waals surface area contributed by atoms with Crippen molar-refractivity contribution in [2.75, 3.05) is 38.6 Å². The SMILES string of the molecule is COC(=O)c1ccc(C(=O)NC(=NC2CCCCN(CC(=O)N3CCCC3)C2=O)Nc2ccc3oc(C)cc3c2)nc1. The summed E-state index contributed by atoms with van der Waals surface area (Å²) in [6.45, 7) is 3.80. The van der Waals surface area contributed by atoms with Gasteiger partial charge in [0.25, 0.3) is 5.91 Å². The highest BCUT2D eigenvalue weighted by atomic mass is 16.5. The molecule has 2 saturated heterocycles. The minimum absolute atomic E-state index is 0.0208. The minimum atomic E-state index is -0.795. The molecule has 0 spiro atoms. The molecule has 1 unspecified atom stereocenters. The van der Waals surface area contributed by atoms with E-state index in [0.29, 0.717) is 24.2 Å². The van der Waals surface area contributed by atoms with Gasteiger partial charge in [-0.1, -0.05) is 0 Å². The summed E-state index contributed by atoms with van der Waals surface area (Å²) in [5.74, 6) is -0.636. The number of nitrogens with one attached hydrogen (secondary N) is 2. The Morgan fingerprint density at radius 3 is 2.60 bits per heavy atom. The van der Waals surface area contributed by atoms with Crippen molar-refractivity contribution in [3.63, 3.8) is 0 Å². The molecule has 3 amide bonds. The summed E-state index contributed by atoms with van der Waals surface area (Å²) in [4.78, 5) is 63.5. The number of likely N-dealkylation sites (tertiary alicyclic amines) is 2. The number of benzene rings is 1. The van der Waals surface area contributed by atoms with Crippen LogP contribution in [0.5, 0.6) is 0 Å². The third-order valence-corrected chi connectivity index (χ3v) is 7.37. The quantitative estimate of drug-likeness (QED) is 0.259. The van der Waals surface area contributed by atoms with Crippen LogP contribution in [-0.2, 0) is 14.3 Å². The summed E-state index contributed by atoms with van der Waals surface area (Å²) in [5.41, 5.74) is 1.59. The number of hydrogen-bond acceptors (Lipinski definition) is 8. The van der Waals surface area contributed by atoms with Crippen LogP contribution in [-0.4, -0.2) is 83.8 Å². The first kappa shape index (κ1) is 28.8. The number of aryl methyl sites for hydroxylation is 1. The summed E-state index contributed by atoms with van der Waals surface area (Å²) in [5, 5.41) is 6.74. The van der Waals surface area contributed by atoms with E-state index in [9.17, 15) is 19.2 Å². The summed E-state index contributed by atoms with van der Waals surface area (Å²) < 4.78 is 10.4. The molecule has 0 saturated carbocycles. The molecule has 2 N–H and O–H groups in total. The first-order valence-corrected chi connectivity index (χ1v) is 14.1. The van der Waals surface area contributed by atoms with Gasteiger partial charge in [-0.05, 0) is 75.4 Å². The number of fused-ring (bicyclic) bond motifs is 1. The van der Waals surface area contributed by atoms with Gasteiger partial charge in [-0.3, -0.25) is 24.7 Å². The minimum Gasteiger partial charge on any atom is -0.465 e. The Hall–Kier alpha value is -4.74. The lowest BCUT2D eigenvalue weighted by Gasteiger charge is -2.25. The van der Waals surface area contributed by atoms with Gasteiger partial charge in [-0.25, -0.2) is 9.79 Å². The van der Waals surface area contributed by atoms with Gasteiger partial charge < -0.3 is 24.3 Å². The number of nitrogens with zero attached hydrogens (tertiary/aromatic N) is 4. The van der Waals surface area contributed by atoms with E-state index in [1.165, 1.54) is 25.4 Å². The summed E-state index contributed by atoms with van der Waals surface area (Å²) in [7, 11) is 1.26. The molecule has 0 bridgehead atoms. The Morgan fingerprint density at radius 1 is 1.07 bits per heavy atom. The number of carbonyl (C=O) groups is 4. The van der Waals surface area contributed by atoms with Crippen molar-refractivity contribution < 1.29 is 28.3 Å². The van der Waals surface area contributed by atoms with Crippen molar-refractivity contribution in [3.05, 3.63) is 59.6 Å². The molecule has 12 nitrogen and oxygen atoms in total. The van der Waals surface area contributed by atoms with Crippen LogP contribution in [0.3, 0.4) is 0 Å². The van der Waals surface area contributed by atoms with Crippen LogP contribution in [0.1, 0.15) is 58.7 Å². The normalized spacial score (nSPS) is 17.7. The van der Waals surface area contributed by atoms with Crippen LogP contribution in [0.25, 0.3) is 11.0 Å². The van der Waals surface area contributed by atoms with Gasteiger partial charge >= 0.3 is 5.97 Å². The third kappa shape index (κ3) is 6.76. The van der Waals surface area contributed by atoms with E-state index in [4.69, 9.17) is 9.15 Å². The molecule has 1 atom stereocenters. The number of esters is 1. The van der Waals surface area contributed by atoms with Crippen molar-refractivity contribution in [1.29, 1.82) is 0 Å². The van der Waals surface area contributed by atoms with E-state index in [2.05, 4.69) is 20.6 Å². The number of aromatic nitrogens is 1. The molecule has 2 aromatic heterocycles. The second-order valence-electron chi connectivity index (χ2n) is 10.4. The van der Waals surface area contributed by atoms with Crippen molar-refractivity contribution in [3.8, 4) is 0 Å². The van der Waals surface area contributed by atoms with Crippen molar-refractivity contribution in [2.45, 2.75) is 45.1 Å².